The number of benzene rings is 1. The largest absolute Gasteiger partial charge is 0.310 e. The van der Waals surface area contributed by atoms with Gasteiger partial charge in [0.2, 0.25) is 5.91 Å². The third-order valence-electron chi connectivity index (χ3n) is 3.26. The van der Waals surface area contributed by atoms with Crippen molar-refractivity contribution in [2.24, 2.45) is 0 Å². The quantitative estimate of drug-likeness (QED) is 0.799. The van der Waals surface area contributed by atoms with Crippen LogP contribution in [0.15, 0.2) is 60.9 Å². The Kier molecular flexibility index (Phi) is 4.54. The molecule has 0 fully saturated rings. The lowest BCUT2D eigenvalue weighted by Crippen LogP contribution is -2.15. The molecule has 0 aliphatic rings. The second-order valence-corrected chi connectivity index (χ2v) is 5.01. The Labute approximate surface area is 138 Å². The molecule has 2 heterocycles. The minimum absolute atomic E-state index is 0.189. The van der Waals surface area contributed by atoms with E-state index in [0.29, 0.717) is 22.9 Å². The number of aromatic nitrogens is 3. The van der Waals surface area contributed by atoms with Gasteiger partial charge in [-0.05, 0) is 35.9 Å². The SMILES string of the molecule is N#Cc1ccc(CC(=O)Nc2ccnc(-c3ccccn3)n2)cc1. The highest BCUT2D eigenvalue weighted by molar-refractivity contribution is 5.91. The molecule has 1 amide bonds. The zero-order valence-corrected chi connectivity index (χ0v) is 12.7. The molecule has 1 aromatic carbocycles. The molecular weight excluding hydrogens is 302 g/mol. The zero-order chi connectivity index (χ0) is 16.8. The zero-order valence-electron chi connectivity index (χ0n) is 12.7. The van der Waals surface area contributed by atoms with Crippen molar-refractivity contribution >= 4 is 11.7 Å². The van der Waals surface area contributed by atoms with Crippen LogP contribution in [0.3, 0.4) is 0 Å². The van der Waals surface area contributed by atoms with Gasteiger partial charge >= 0.3 is 0 Å². The molecule has 6 heteroatoms. The molecule has 0 unspecified atom stereocenters. The summed E-state index contributed by atoms with van der Waals surface area (Å²) in [6.07, 6.45) is 3.44. The highest BCUT2D eigenvalue weighted by Crippen LogP contribution is 2.13. The second kappa shape index (κ2) is 7.11. The van der Waals surface area contributed by atoms with Crippen LogP contribution in [0.1, 0.15) is 11.1 Å². The van der Waals surface area contributed by atoms with Crippen molar-refractivity contribution in [2.75, 3.05) is 5.32 Å². The fourth-order valence-electron chi connectivity index (χ4n) is 2.12. The summed E-state index contributed by atoms with van der Waals surface area (Å²) in [6, 6.07) is 16.0. The van der Waals surface area contributed by atoms with Gasteiger partial charge in [-0.15, -0.1) is 0 Å². The molecule has 0 radical (unpaired) electrons. The summed E-state index contributed by atoms with van der Waals surface area (Å²) >= 11 is 0. The molecule has 0 saturated carbocycles. The minimum Gasteiger partial charge on any atom is -0.310 e. The van der Waals surface area contributed by atoms with Crippen LogP contribution < -0.4 is 5.32 Å². The molecule has 2 aromatic heterocycles. The average Bonchev–Trinajstić information content (AvgIpc) is 2.63. The van der Waals surface area contributed by atoms with Gasteiger partial charge in [-0.3, -0.25) is 9.78 Å². The fraction of sp³-hybridized carbons (Fsp3) is 0.0556. The maximum Gasteiger partial charge on any atom is 0.229 e. The van der Waals surface area contributed by atoms with E-state index in [1.165, 1.54) is 0 Å². The van der Waals surface area contributed by atoms with Crippen LogP contribution in [-0.4, -0.2) is 20.9 Å². The molecule has 24 heavy (non-hydrogen) atoms. The lowest BCUT2D eigenvalue weighted by molar-refractivity contribution is -0.115. The number of anilines is 1. The number of carbonyl (C=O) groups excluding carboxylic acids is 1. The second-order valence-electron chi connectivity index (χ2n) is 5.01. The van der Waals surface area contributed by atoms with Crippen molar-refractivity contribution in [2.45, 2.75) is 6.42 Å². The van der Waals surface area contributed by atoms with Crippen LogP contribution in [0.5, 0.6) is 0 Å². The molecule has 116 valence electrons. The third-order valence-corrected chi connectivity index (χ3v) is 3.26. The van der Waals surface area contributed by atoms with Crippen LogP contribution in [0.2, 0.25) is 0 Å². The summed E-state index contributed by atoms with van der Waals surface area (Å²) in [4.78, 5) is 24.8. The number of rotatable bonds is 4. The minimum atomic E-state index is -0.189. The van der Waals surface area contributed by atoms with Gasteiger partial charge in [0.05, 0.1) is 18.1 Å². The highest BCUT2D eigenvalue weighted by Gasteiger charge is 2.08. The van der Waals surface area contributed by atoms with Gasteiger partial charge in [-0.1, -0.05) is 18.2 Å². The Morgan fingerprint density at radius 3 is 2.58 bits per heavy atom. The topological polar surface area (TPSA) is 91.6 Å². The fourth-order valence-corrected chi connectivity index (χ4v) is 2.12. The molecule has 0 atom stereocenters. The molecule has 1 N–H and O–H groups in total. The molecule has 6 nitrogen and oxygen atoms in total. The van der Waals surface area contributed by atoms with Crippen LogP contribution in [0.4, 0.5) is 5.82 Å². The molecular formula is C18H13N5O. The van der Waals surface area contributed by atoms with Gasteiger partial charge < -0.3 is 5.32 Å². The summed E-state index contributed by atoms with van der Waals surface area (Å²) in [5, 5.41) is 11.5. The number of nitriles is 1. The first-order valence-electron chi connectivity index (χ1n) is 7.28. The van der Waals surface area contributed by atoms with E-state index in [0.717, 1.165) is 5.56 Å². The average molecular weight is 315 g/mol. The number of hydrogen-bond donors (Lipinski definition) is 1. The summed E-state index contributed by atoms with van der Waals surface area (Å²) in [6.45, 7) is 0. The number of pyridine rings is 1. The molecule has 3 aromatic rings. The molecule has 0 saturated heterocycles. The maximum atomic E-state index is 12.1. The normalized spacial score (nSPS) is 9.96. The first kappa shape index (κ1) is 15.3. The molecule has 0 aliphatic heterocycles. The molecule has 0 spiro atoms. The first-order chi connectivity index (χ1) is 11.7. The number of hydrogen-bond acceptors (Lipinski definition) is 5. The van der Waals surface area contributed by atoms with Gasteiger partial charge in [-0.25, -0.2) is 9.97 Å². The summed E-state index contributed by atoms with van der Waals surface area (Å²) < 4.78 is 0. The summed E-state index contributed by atoms with van der Waals surface area (Å²) in [5.41, 5.74) is 2.03. The predicted octanol–water partition coefficient (Wildman–Crippen LogP) is 2.59. The standard InChI is InChI=1S/C18H13N5O/c19-12-14-6-4-13(5-7-14)11-17(24)22-16-8-10-21-18(23-16)15-3-1-2-9-20-15/h1-10H,11H2,(H,21,22,23,24). The Hall–Kier alpha value is -3.59. The van der Waals surface area contributed by atoms with Crippen molar-refractivity contribution in [1.29, 1.82) is 5.26 Å². The van der Waals surface area contributed by atoms with Crippen LogP contribution in [0, 0.1) is 11.3 Å². The maximum absolute atomic E-state index is 12.1. The van der Waals surface area contributed by atoms with Crippen molar-refractivity contribution in [3.05, 3.63) is 72.1 Å². The van der Waals surface area contributed by atoms with Gasteiger partial charge in [0.15, 0.2) is 5.82 Å². The van der Waals surface area contributed by atoms with Crippen molar-refractivity contribution in [3.63, 3.8) is 0 Å². The van der Waals surface area contributed by atoms with E-state index in [1.54, 1.807) is 48.8 Å². The van der Waals surface area contributed by atoms with E-state index >= 15 is 0 Å². The Bertz CT molecular complexity index is 885. The van der Waals surface area contributed by atoms with E-state index in [4.69, 9.17) is 5.26 Å². The van der Waals surface area contributed by atoms with Gasteiger partial charge in [0, 0.05) is 12.4 Å². The van der Waals surface area contributed by atoms with Gasteiger partial charge in [-0.2, -0.15) is 5.26 Å². The molecule has 0 aliphatic carbocycles. The predicted molar refractivity (Wildman–Crippen MR) is 88.8 cm³/mol. The number of carbonyl (C=O) groups is 1. The number of nitrogens with one attached hydrogen (secondary N) is 1. The Morgan fingerprint density at radius 2 is 1.88 bits per heavy atom. The van der Waals surface area contributed by atoms with Crippen molar-refractivity contribution in [3.8, 4) is 17.6 Å². The van der Waals surface area contributed by atoms with Crippen LogP contribution in [-0.2, 0) is 11.2 Å². The first-order valence-corrected chi connectivity index (χ1v) is 7.28. The monoisotopic (exact) mass is 315 g/mol. The molecule has 0 bridgehead atoms. The summed E-state index contributed by atoms with van der Waals surface area (Å²) in [5.74, 6) is 0.682. The Morgan fingerprint density at radius 1 is 1.04 bits per heavy atom. The van der Waals surface area contributed by atoms with Crippen LogP contribution >= 0.6 is 0 Å². The highest BCUT2D eigenvalue weighted by atomic mass is 16.1. The number of amides is 1. The number of nitrogens with zero attached hydrogens (tertiary/aromatic N) is 4. The lowest BCUT2D eigenvalue weighted by atomic mass is 10.1. The van der Waals surface area contributed by atoms with Crippen LogP contribution in [0.25, 0.3) is 11.5 Å². The van der Waals surface area contributed by atoms with E-state index in [9.17, 15) is 4.79 Å². The van der Waals surface area contributed by atoms with E-state index in [-0.39, 0.29) is 12.3 Å². The third kappa shape index (κ3) is 3.78. The Balaban J connectivity index is 1.69. The van der Waals surface area contributed by atoms with Gasteiger partial charge in [0.1, 0.15) is 11.5 Å². The van der Waals surface area contributed by atoms with Gasteiger partial charge in [0.25, 0.3) is 0 Å². The van der Waals surface area contributed by atoms with E-state index in [2.05, 4.69) is 20.3 Å². The lowest BCUT2D eigenvalue weighted by Gasteiger charge is -2.06. The van der Waals surface area contributed by atoms with E-state index < -0.39 is 0 Å². The van der Waals surface area contributed by atoms with E-state index in [1.807, 2.05) is 18.2 Å². The smallest absolute Gasteiger partial charge is 0.229 e. The molecule has 3 rings (SSSR count). The van der Waals surface area contributed by atoms with Crippen molar-refractivity contribution in [1.82, 2.24) is 15.0 Å². The summed E-state index contributed by atoms with van der Waals surface area (Å²) in [7, 11) is 0. The van der Waals surface area contributed by atoms with Crippen molar-refractivity contribution < 1.29 is 4.79 Å².